The molecule has 0 fully saturated rings. The van der Waals surface area contributed by atoms with Crippen LogP contribution in [0.4, 0.5) is 5.69 Å². The lowest BCUT2D eigenvalue weighted by atomic mass is 10.1. The van der Waals surface area contributed by atoms with Gasteiger partial charge in [-0.1, -0.05) is 30.3 Å². The smallest absolute Gasteiger partial charge is 0.312 e. The molecule has 2 heterocycles. The summed E-state index contributed by atoms with van der Waals surface area (Å²) in [5.41, 5.74) is 2.42. The van der Waals surface area contributed by atoms with Crippen LogP contribution in [-0.4, -0.2) is 19.9 Å². The van der Waals surface area contributed by atoms with E-state index in [0.717, 1.165) is 5.56 Å². The fourth-order valence-electron chi connectivity index (χ4n) is 1.88. The van der Waals surface area contributed by atoms with Gasteiger partial charge in [0, 0.05) is 5.56 Å². The van der Waals surface area contributed by atoms with Crippen LogP contribution >= 0.6 is 0 Å². The van der Waals surface area contributed by atoms with Crippen molar-refractivity contribution in [2.75, 3.05) is 0 Å². The van der Waals surface area contributed by atoms with E-state index in [1.54, 1.807) is 0 Å². The van der Waals surface area contributed by atoms with Gasteiger partial charge in [-0.3, -0.25) is 10.1 Å². The second-order valence-corrected chi connectivity index (χ2v) is 3.74. The highest BCUT2D eigenvalue weighted by Crippen LogP contribution is 2.29. The zero-order valence-corrected chi connectivity index (χ0v) is 9.20. The fraction of sp³-hybridized carbons (Fsp3) is 0. The minimum atomic E-state index is -0.458. The molecule has 0 unspecified atom stereocenters. The molecule has 1 aromatic carbocycles. The van der Waals surface area contributed by atoms with E-state index in [-0.39, 0.29) is 5.69 Å². The Bertz CT molecular complexity index is 721. The zero-order valence-electron chi connectivity index (χ0n) is 9.20. The number of aromatic amines is 1. The second kappa shape index (κ2) is 3.92. The molecule has 0 aliphatic rings. The number of aromatic nitrogens is 3. The van der Waals surface area contributed by atoms with Gasteiger partial charge in [-0.05, 0) is 0 Å². The maximum Gasteiger partial charge on any atom is 0.312 e. The highest BCUT2D eigenvalue weighted by molar-refractivity contribution is 5.94. The maximum absolute atomic E-state index is 10.8. The molecule has 88 valence electrons. The van der Waals surface area contributed by atoms with Crippen molar-refractivity contribution in [3.05, 3.63) is 53.0 Å². The van der Waals surface area contributed by atoms with Crippen LogP contribution < -0.4 is 0 Å². The Balaban J connectivity index is 2.29. The first-order valence-electron chi connectivity index (χ1n) is 5.29. The number of nitrogens with zero attached hydrogens (tertiary/aromatic N) is 3. The van der Waals surface area contributed by atoms with Crippen molar-refractivity contribution in [3.63, 3.8) is 0 Å². The minimum Gasteiger partial charge on any atom is -0.352 e. The molecule has 0 radical (unpaired) electrons. The van der Waals surface area contributed by atoms with Crippen molar-refractivity contribution in [3.8, 4) is 11.3 Å². The first kappa shape index (κ1) is 10.4. The van der Waals surface area contributed by atoms with Crippen LogP contribution in [0.15, 0.2) is 42.9 Å². The number of H-pyrrole nitrogens is 1. The third-order valence-electron chi connectivity index (χ3n) is 2.69. The van der Waals surface area contributed by atoms with Gasteiger partial charge in [0.25, 0.3) is 0 Å². The van der Waals surface area contributed by atoms with Crippen LogP contribution in [0, 0.1) is 10.1 Å². The van der Waals surface area contributed by atoms with Gasteiger partial charge in [0.2, 0.25) is 0 Å². The van der Waals surface area contributed by atoms with Crippen LogP contribution in [0.25, 0.3) is 22.3 Å². The van der Waals surface area contributed by atoms with E-state index in [4.69, 9.17) is 0 Å². The third kappa shape index (κ3) is 1.51. The van der Waals surface area contributed by atoms with E-state index in [1.165, 1.54) is 12.5 Å². The topological polar surface area (TPSA) is 84.7 Å². The summed E-state index contributed by atoms with van der Waals surface area (Å²) < 4.78 is 0. The van der Waals surface area contributed by atoms with Crippen molar-refractivity contribution in [2.24, 2.45) is 0 Å². The number of nitro groups is 1. The average molecular weight is 240 g/mol. The number of hydrogen-bond donors (Lipinski definition) is 1. The van der Waals surface area contributed by atoms with Crippen LogP contribution in [0.3, 0.4) is 0 Å². The SMILES string of the molecule is O=[N+]([O-])c1c[nH]c2c(-c3ccccc3)ncnc12. The molecule has 0 saturated heterocycles. The first-order valence-corrected chi connectivity index (χ1v) is 5.29. The molecule has 6 heteroatoms. The Kier molecular flexibility index (Phi) is 2.26. The summed E-state index contributed by atoms with van der Waals surface area (Å²) in [5, 5.41) is 10.8. The summed E-state index contributed by atoms with van der Waals surface area (Å²) in [6.07, 6.45) is 2.68. The Labute approximate surface area is 101 Å². The third-order valence-corrected chi connectivity index (χ3v) is 2.69. The van der Waals surface area contributed by atoms with Gasteiger partial charge in [0.1, 0.15) is 6.33 Å². The molecule has 18 heavy (non-hydrogen) atoms. The predicted molar refractivity (Wildman–Crippen MR) is 66.0 cm³/mol. The number of nitrogens with one attached hydrogen (secondary N) is 1. The van der Waals surface area contributed by atoms with E-state index >= 15 is 0 Å². The Morgan fingerprint density at radius 2 is 1.94 bits per heavy atom. The molecule has 0 saturated carbocycles. The van der Waals surface area contributed by atoms with E-state index < -0.39 is 4.92 Å². The Hall–Kier alpha value is -2.76. The van der Waals surface area contributed by atoms with Crippen LogP contribution in [0.5, 0.6) is 0 Å². The molecule has 3 aromatic rings. The molecule has 1 N–H and O–H groups in total. The first-order chi connectivity index (χ1) is 8.77. The Morgan fingerprint density at radius 1 is 1.17 bits per heavy atom. The predicted octanol–water partition coefficient (Wildman–Crippen LogP) is 2.53. The summed E-state index contributed by atoms with van der Waals surface area (Å²) in [4.78, 5) is 21.4. The summed E-state index contributed by atoms with van der Waals surface area (Å²) in [6, 6.07) is 9.48. The van der Waals surface area contributed by atoms with E-state index in [9.17, 15) is 10.1 Å². The summed E-state index contributed by atoms with van der Waals surface area (Å²) >= 11 is 0. The molecule has 2 aromatic heterocycles. The lowest BCUT2D eigenvalue weighted by Gasteiger charge is -2.00. The van der Waals surface area contributed by atoms with Gasteiger partial charge in [-0.15, -0.1) is 0 Å². The average Bonchev–Trinajstić information content (AvgIpc) is 2.83. The second-order valence-electron chi connectivity index (χ2n) is 3.74. The molecule has 6 nitrogen and oxygen atoms in total. The van der Waals surface area contributed by atoms with Crippen molar-refractivity contribution >= 4 is 16.7 Å². The van der Waals surface area contributed by atoms with E-state index in [2.05, 4.69) is 15.0 Å². The summed E-state index contributed by atoms with van der Waals surface area (Å²) in [5.74, 6) is 0. The van der Waals surface area contributed by atoms with Crippen molar-refractivity contribution < 1.29 is 4.92 Å². The van der Waals surface area contributed by atoms with E-state index in [1.807, 2.05) is 30.3 Å². The maximum atomic E-state index is 10.8. The van der Waals surface area contributed by atoms with Crippen LogP contribution in [-0.2, 0) is 0 Å². The molecular weight excluding hydrogens is 232 g/mol. The van der Waals surface area contributed by atoms with Gasteiger partial charge in [0.05, 0.1) is 22.3 Å². The largest absolute Gasteiger partial charge is 0.352 e. The number of benzene rings is 1. The highest BCUT2D eigenvalue weighted by atomic mass is 16.6. The number of hydrogen-bond acceptors (Lipinski definition) is 4. The lowest BCUT2D eigenvalue weighted by Crippen LogP contribution is -1.90. The van der Waals surface area contributed by atoms with Crippen LogP contribution in [0.2, 0.25) is 0 Å². The Morgan fingerprint density at radius 3 is 2.67 bits per heavy atom. The van der Waals surface area contributed by atoms with Gasteiger partial charge in [-0.2, -0.15) is 0 Å². The normalized spacial score (nSPS) is 10.7. The molecule has 0 bridgehead atoms. The van der Waals surface area contributed by atoms with Crippen molar-refractivity contribution in [1.82, 2.24) is 15.0 Å². The van der Waals surface area contributed by atoms with E-state index in [0.29, 0.717) is 16.7 Å². The fourth-order valence-corrected chi connectivity index (χ4v) is 1.88. The number of fused-ring (bicyclic) bond motifs is 1. The molecule has 0 aliphatic heterocycles. The summed E-state index contributed by atoms with van der Waals surface area (Å²) in [7, 11) is 0. The van der Waals surface area contributed by atoms with Crippen molar-refractivity contribution in [1.29, 1.82) is 0 Å². The molecular formula is C12H8N4O2. The lowest BCUT2D eigenvalue weighted by molar-refractivity contribution is -0.383. The van der Waals surface area contributed by atoms with Gasteiger partial charge in [-0.25, -0.2) is 9.97 Å². The van der Waals surface area contributed by atoms with Crippen LogP contribution in [0.1, 0.15) is 0 Å². The summed E-state index contributed by atoms with van der Waals surface area (Å²) in [6.45, 7) is 0. The van der Waals surface area contributed by atoms with Gasteiger partial charge >= 0.3 is 5.69 Å². The molecule has 3 rings (SSSR count). The van der Waals surface area contributed by atoms with Gasteiger partial charge < -0.3 is 4.98 Å². The van der Waals surface area contributed by atoms with Gasteiger partial charge in [0.15, 0.2) is 5.52 Å². The molecule has 0 spiro atoms. The highest BCUT2D eigenvalue weighted by Gasteiger charge is 2.18. The molecule has 0 atom stereocenters. The zero-order chi connectivity index (χ0) is 12.5. The monoisotopic (exact) mass is 240 g/mol. The van der Waals surface area contributed by atoms with Crippen molar-refractivity contribution in [2.45, 2.75) is 0 Å². The minimum absolute atomic E-state index is 0.0374. The molecule has 0 aliphatic carbocycles. The standard InChI is InChI=1S/C12H8N4O2/c17-16(18)9-6-13-12-10(14-7-15-11(9)12)8-4-2-1-3-5-8/h1-7,13H. The quantitative estimate of drug-likeness (QED) is 0.551. The number of rotatable bonds is 2. The molecule has 0 amide bonds.